The highest BCUT2D eigenvalue weighted by Gasteiger charge is 2.38. The second kappa shape index (κ2) is 7.37. The largest absolute Gasteiger partial charge is 0.329 e. The summed E-state index contributed by atoms with van der Waals surface area (Å²) in [6.45, 7) is 6.40. The number of rotatable bonds is 6. The van der Waals surface area contributed by atoms with Crippen LogP contribution < -0.4 is 5.73 Å². The molecule has 1 saturated carbocycles. The molecule has 1 aromatic rings. The van der Waals surface area contributed by atoms with Crippen molar-refractivity contribution in [2.45, 2.75) is 58.0 Å². The van der Waals surface area contributed by atoms with Gasteiger partial charge in [0, 0.05) is 31.0 Å². The molecule has 1 heterocycles. The quantitative estimate of drug-likeness (QED) is 0.872. The molecule has 118 valence electrons. The molecule has 3 heteroatoms. The molecule has 2 rings (SSSR count). The highest BCUT2D eigenvalue weighted by molar-refractivity contribution is 5.10. The Labute approximate surface area is 129 Å². The Morgan fingerprint density at radius 1 is 1.38 bits per heavy atom. The third-order valence-corrected chi connectivity index (χ3v) is 5.09. The fourth-order valence-electron chi connectivity index (χ4n) is 3.95. The summed E-state index contributed by atoms with van der Waals surface area (Å²) in [4.78, 5) is 6.60. The van der Waals surface area contributed by atoms with Crippen LogP contribution in [0.2, 0.25) is 0 Å². The molecule has 0 bridgehead atoms. The highest BCUT2D eigenvalue weighted by Crippen LogP contribution is 2.39. The molecule has 0 aromatic carbocycles. The summed E-state index contributed by atoms with van der Waals surface area (Å²) < 4.78 is 0. The Morgan fingerprint density at radius 3 is 2.71 bits per heavy atom. The van der Waals surface area contributed by atoms with Crippen molar-refractivity contribution >= 4 is 0 Å². The predicted molar refractivity (Wildman–Crippen MR) is 88.9 cm³/mol. The van der Waals surface area contributed by atoms with E-state index < -0.39 is 0 Å². The lowest BCUT2D eigenvalue weighted by Crippen LogP contribution is -2.54. The maximum absolute atomic E-state index is 6.23. The molecule has 3 nitrogen and oxygen atoms in total. The van der Waals surface area contributed by atoms with Crippen LogP contribution in [0, 0.1) is 11.8 Å². The van der Waals surface area contributed by atoms with Crippen molar-refractivity contribution in [3.05, 3.63) is 30.1 Å². The third kappa shape index (κ3) is 4.27. The molecule has 1 fully saturated rings. The van der Waals surface area contributed by atoms with E-state index in [0.717, 1.165) is 24.9 Å². The Bertz CT molecular complexity index is 418. The van der Waals surface area contributed by atoms with Gasteiger partial charge in [0.1, 0.15) is 0 Å². The summed E-state index contributed by atoms with van der Waals surface area (Å²) in [7, 11) is 2.24. The van der Waals surface area contributed by atoms with Crippen molar-refractivity contribution < 1.29 is 0 Å². The van der Waals surface area contributed by atoms with Crippen LogP contribution in [0.1, 0.15) is 51.5 Å². The van der Waals surface area contributed by atoms with Crippen molar-refractivity contribution in [3.8, 4) is 0 Å². The van der Waals surface area contributed by atoms with Crippen molar-refractivity contribution in [2.75, 3.05) is 13.6 Å². The van der Waals surface area contributed by atoms with Crippen LogP contribution in [-0.4, -0.2) is 29.0 Å². The van der Waals surface area contributed by atoms with Gasteiger partial charge in [0.25, 0.3) is 0 Å². The number of nitrogens with zero attached hydrogens (tertiary/aromatic N) is 2. The lowest BCUT2D eigenvalue weighted by atomic mass is 9.72. The number of likely N-dealkylation sites (N-methyl/N-ethyl adjacent to an activating group) is 1. The van der Waals surface area contributed by atoms with E-state index in [1.807, 2.05) is 12.4 Å². The molecule has 0 radical (unpaired) electrons. The van der Waals surface area contributed by atoms with Crippen LogP contribution in [0.4, 0.5) is 0 Å². The average Bonchev–Trinajstić information content (AvgIpc) is 2.47. The van der Waals surface area contributed by atoms with Gasteiger partial charge in [-0.25, -0.2) is 0 Å². The summed E-state index contributed by atoms with van der Waals surface area (Å²) in [5, 5.41) is 0. The van der Waals surface area contributed by atoms with E-state index >= 15 is 0 Å². The lowest BCUT2D eigenvalue weighted by molar-refractivity contribution is 0.0462. The Morgan fingerprint density at radius 2 is 2.10 bits per heavy atom. The molecule has 1 aliphatic rings. The highest BCUT2D eigenvalue weighted by atomic mass is 15.2. The summed E-state index contributed by atoms with van der Waals surface area (Å²) in [5.74, 6) is 1.62. The molecule has 2 unspecified atom stereocenters. The summed E-state index contributed by atoms with van der Waals surface area (Å²) in [6.07, 6.45) is 10.3. The van der Waals surface area contributed by atoms with Gasteiger partial charge in [-0.3, -0.25) is 9.88 Å². The molecule has 0 spiro atoms. The molecule has 0 amide bonds. The van der Waals surface area contributed by atoms with Crippen molar-refractivity contribution in [1.82, 2.24) is 9.88 Å². The van der Waals surface area contributed by atoms with E-state index in [-0.39, 0.29) is 5.54 Å². The first kappa shape index (κ1) is 16.4. The summed E-state index contributed by atoms with van der Waals surface area (Å²) in [6, 6.07) is 4.21. The standard InChI is InChI=1S/C18H31N3/c1-15(2)11-17-5-4-8-18(12-17,14-19)21(3)13-16-6-9-20-10-7-16/h6-7,9-10,15,17H,4-5,8,11-14,19H2,1-3H3. The monoisotopic (exact) mass is 289 g/mol. The first-order valence-corrected chi connectivity index (χ1v) is 8.36. The first-order chi connectivity index (χ1) is 10.1. The number of nitrogens with two attached hydrogens (primary N) is 1. The van der Waals surface area contributed by atoms with Crippen LogP contribution >= 0.6 is 0 Å². The first-order valence-electron chi connectivity index (χ1n) is 8.36. The second-order valence-electron chi connectivity index (χ2n) is 7.23. The normalized spacial score (nSPS) is 26.5. The van der Waals surface area contributed by atoms with Crippen LogP contribution in [0.5, 0.6) is 0 Å². The number of pyridine rings is 1. The molecule has 21 heavy (non-hydrogen) atoms. The van der Waals surface area contributed by atoms with Gasteiger partial charge in [-0.1, -0.05) is 26.7 Å². The SMILES string of the molecule is CC(C)CC1CCCC(CN)(N(C)Cc2ccncc2)C1. The molecule has 1 aromatic heterocycles. The van der Waals surface area contributed by atoms with E-state index in [2.05, 4.69) is 42.9 Å². The van der Waals surface area contributed by atoms with Crippen molar-refractivity contribution in [3.63, 3.8) is 0 Å². The topological polar surface area (TPSA) is 42.1 Å². The number of hydrogen-bond acceptors (Lipinski definition) is 3. The maximum Gasteiger partial charge on any atom is 0.0334 e. The minimum Gasteiger partial charge on any atom is -0.329 e. The molecule has 2 N–H and O–H groups in total. The van der Waals surface area contributed by atoms with E-state index in [9.17, 15) is 0 Å². The van der Waals surface area contributed by atoms with Gasteiger partial charge in [0.2, 0.25) is 0 Å². The van der Waals surface area contributed by atoms with Crippen molar-refractivity contribution in [1.29, 1.82) is 0 Å². The second-order valence-corrected chi connectivity index (χ2v) is 7.23. The van der Waals surface area contributed by atoms with Crippen LogP contribution in [-0.2, 0) is 6.54 Å². The minimum absolute atomic E-state index is 0.182. The summed E-state index contributed by atoms with van der Waals surface area (Å²) >= 11 is 0. The Kier molecular flexibility index (Phi) is 5.77. The third-order valence-electron chi connectivity index (χ3n) is 5.09. The average molecular weight is 289 g/mol. The zero-order valence-corrected chi connectivity index (χ0v) is 13.9. The smallest absolute Gasteiger partial charge is 0.0334 e. The number of hydrogen-bond donors (Lipinski definition) is 1. The maximum atomic E-state index is 6.23. The van der Waals surface area contributed by atoms with Gasteiger partial charge in [0.15, 0.2) is 0 Å². The van der Waals surface area contributed by atoms with E-state index in [1.165, 1.54) is 37.7 Å². The minimum atomic E-state index is 0.182. The molecule has 2 atom stereocenters. The van der Waals surface area contributed by atoms with E-state index in [4.69, 9.17) is 5.73 Å². The zero-order valence-electron chi connectivity index (χ0n) is 13.9. The van der Waals surface area contributed by atoms with Gasteiger partial charge >= 0.3 is 0 Å². The Hall–Kier alpha value is -0.930. The molecular formula is C18H31N3. The molecule has 1 aliphatic carbocycles. The van der Waals surface area contributed by atoms with Gasteiger partial charge in [-0.05, 0) is 55.8 Å². The van der Waals surface area contributed by atoms with Gasteiger partial charge in [-0.15, -0.1) is 0 Å². The summed E-state index contributed by atoms with van der Waals surface area (Å²) in [5.41, 5.74) is 7.74. The van der Waals surface area contributed by atoms with Gasteiger partial charge < -0.3 is 5.73 Å². The molecule has 0 saturated heterocycles. The predicted octanol–water partition coefficient (Wildman–Crippen LogP) is 3.45. The lowest BCUT2D eigenvalue weighted by Gasteiger charge is -2.47. The van der Waals surface area contributed by atoms with Gasteiger partial charge in [-0.2, -0.15) is 0 Å². The fraction of sp³-hybridized carbons (Fsp3) is 0.722. The fourth-order valence-corrected chi connectivity index (χ4v) is 3.95. The van der Waals surface area contributed by atoms with Gasteiger partial charge in [0.05, 0.1) is 0 Å². The van der Waals surface area contributed by atoms with Crippen LogP contribution in [0.15, 0.2) is 24.5 Å². The zero-order chi connectivity index (χ0) is 15.3. The molecular weight excluding hydrogens is 258 g/mol. The Balaban J connectivity index is 2.05. The van der Waals surface area contributed by atoms with E-state index in [0.29, 0.717) is 0 Å². The van der Waals surface area contributed by atoms with Crippen molar-refractivity contribution in [2.24, 2.45) is 17.6 Å². The molecule has 0 aliphatic heterocycles. The van der Waals surface area contributed by atoms with Crippen LogP contribution in [0.3, 0.4) is 0 Å². The number of aromatic nitrogens is 1. The van der Waals surface area contributed by atoms with E-state index in [1.54, 1.807) is 0 Å². The van der Waals surface area contributed by atoms with Crippen LogP contribution in [0.25, 0.3) is 0 Å².